The average molecular weight is 1110 g/mol. The van der Waals surface area contributed by atoms with Crippen molar-refractivity contribution >= 4 is 0 Å². The van der Waals surface area contributed by atoms with Crippen LogP contribution in [0.15, 0.2) is 54.6 Å². The summed E-state index contributed by atoms with van der Waals surface area (Å²) in [4.78, 5) is 0. The molecule has 5 aromatic carbocycles. The summed E-state index contributed by atoms with van der Waals surface area (Å²) in [6, 6.07) is 19.7. The van der Waals surface area contributed by atoms with Gasteiger partial charge in [0.05, 0.1) is 0 Å². The largest absolute Gasteiger partial charge is 0.206 e. The fourth-order valence-corrected chi connectivity index (χ4v) is 11.2. The van der Waals surface area contributed by atoms with Crippen LogP contribution in [0.4, 0.5) is 22.0 Å². The van der Waals surface area contributed by atoms with Crippen molar-refractivity contribution in [1.82, 2.24) is 0 Å². The first-order chi connectivity index (χ1) is 38.7. The van der Waals surface area contributed by atoms with E-state index < -0.39 is 17.5 Å². The Hall–Kier alpha value is -4.25. The summed E-state index contributed by atoms with van der Waals surface area (Å²) in [6.07, 6.45) is 31.6. The summed E-state index contributed by atoms with van der Waals surface area (Å²) in [5, 5.41) is 0. The zero-order valence-electron chi connectivity index (χ0n) is 53.5. The molecule has 5 rings (SSSR count). The van der Waals surface area contributed by atoms with Gasteiger partial charge in [-0.15, -0.1) is 0 Å². The minimum absolute atomic E-state index is 0.0609. The van der Waals surface area contributed by atoms with Crippen LogP contribution in [-0.2, 0) is 83.5 Å². The summed E-state index contributed by atoms with van der Waals surface area (Å²) in [7, 11) is 0. The van der Waals surface area contributed by atoms with Crippen LogP contribution in [0.25, 0.3) is 11.1 Å². The summed E-state index contributed by atoms with van der Waals surface area (Å²) in [6.45, 7) is 30.0. The zero-order chi connectivity index (χ0) is 59.4. The van der Waals surface area contributed by atoms with Crippen molar-refractivity contribution < 1.29 is 22.0 Å². The smallest absolute Gasteiger partial charge is 0.135 e. The summed E-state index contributed by atoms with van der Waals surface area (Å²) in [5.41, 5.74) is 16.4. The molecule has 0 radical (unpaired) electrons. The standard InChI is InChI=1S/C21H26F2.C20H34.C19H32.C15H21F3/c1-4-10-16-19(15-13-8-7-9-14-15)17(11-5-2)21(23)18(12-6-3)20(16)22;1-5-9-12-17-15-18(13-10-6-2)20(8-4)19(16-17)14-11-7-3;1-5-8-11-17-14-18(12-9-6-2)16(4)19(15-17)13-10-7-3;1-4-7-10-13(16)11(8-5-2)15(18)12(9-6-3)14(10)17/h7-9,13-14H,4-6,10-12H2,1-3H3;15-16H,5-14H2,1-4H3;14-15H,5-13H2,1-4H3;4-9H2,1-3H3. The molecule has 0 aromatic heterocycles. The van der Waals surface area contributed by atoms with Crippen LogP contribution in [0, 0.1) is 36.0 Å². The molecule has 5 heteroatoms. The molecule has 80 heavy (non-hydrogen) atoms. The Morgan fingerprint density at radius 2 is 0.537 bits per heavy atom. The van der Waals surface area contributed by atoms with Gasteiger partial charge in [0, 0.05) is 22.3 Å². The third-order valence-electron chi connectivity index (χ3n) is 15.7. The monoisotopic (exact) mass is 1110 g/mol. The Labute approximate surface area is 488 Å². The molecule has 0 amide bonds. The lowest BCUT2D eigenvalue weighted by Gasteiger charge is -2.20. The molecule has 0 saturated carbocycles. The Bertz CT molecular complexity index is 2310. The molecule has 0 spiro atoms. The lowest BCUT2D eigenvalue weighted by atomic mass is 9.86. The molecule has 0 unspecified atom stereocenters. The van der Waals surface area contributed by atoms with Gasteiger partial charge in [-0.1, -0.05) is 222 Å². The molecule has 0 aliphatic heterocycles. The third-order valence-corrected chi connectivity index (χ3v) is 15.7. The number of rotatable bonds is 32. The van der Waals surface area contributed by atoms with Crippen molar-refractivity contribution in [2.24, 2.45) is 0 Å². The summed E-state index contributed by atoms with van der Waals surface area (Å²) in [5.74, 6) is -2.68. The van der Waals surface area contributed by atoms with Crippen LogP contribution >= 0.6 is 0 Å². The van der Waals surface area contributed by atoms with Gasteiger partial charge in [0.25, 0.3) is 0 Å². The minimum Gasteiger partial charge on any atom is -0.206 e. The summed E-state index contributed by atoms with van der Waals surface area (Å²) < 4.78 is 72.4. The van der Waals surface area contributed by atoms with E-state index in [0.29, 0.717) is 68.9 Å². The second kappa shape index (κ2) is 41.7. The normalized spacial score (nSPS) is 11.0. The molecule has 0 N–H and O–H groups in total. The molecular weight excluding hydrogens is 996 g/mol. The van der Waals surface area contributed by atoms with E-state index in [9.17, 15) is 13.2 Å². The molecule has 0 aliphatic rings. The Kier molecular flexibility index (Phi) is 37.4. The first kappa shape index (κ1) is 71.9. The van der Waals surface area contributed by atoms with Crippen LogP contribution in [0.3, 0.4) is 0 Å². The van der Waals surface area contributed by atoms with Gasteiger partial charge in [0.2, 0.25) is 0 Å². The van der Waals surface area contributed by atoms with E-state index in [2.05, 4.69) is 79.7 Å². The predicted molar refractivity (Wildman–Crippen MR) is 341 cm³/mol. The van der Waals surface area contributed by atoms with Crippen molar-refractivity contribution in [3.05, 3.63) is 162 Å². The second-order valence-corrected chi connectivity index (χ2v) is 22.6. The average Bonchev–Trinajstić information content (AvgIpc) is 3.61. The van der Waals surface area contributed by atoms with Gasteiger partial charge in [0.1, 0.15) is 29.1 Å². The van der Waals surface area contributed by atoms with E-state index in [1.807, 2.05) is 71.9 Å². The second-order valence-electron chi connectivity index (χ2n) is 22.6. The van der Waals surface area contributed by atoms with Crippen LogP contribution in [-0.4, -0.2) is 0 Å². The van der Waals surface area contributed by atoms with Crippen LogP contribution < -0.4 is 0 Å². The lowest BCUT2D eigenvalue weighted by Crippen LogP contribution is -2.10. The molecule has 0 bridgehead atoms. The number of benzene rings is 5. The number of aryl methyl sites for hydroxylation is 6. The van der Waals surface area contributed by atoms with Gasteiger partial charge in [-0.2, -0.15) is 0 Å². The van der Waals surface area contributed by atoms with E-state index in [0.717, 1.165) is 30.4 Å². The number of unbranched alkanes of at least 4 members (excludes halogenated alkanes) is 6. The number of hydrogen-bond acceptors (Lipinski definition) is 0. The van der Waals surface area contributed by atoms with Gasteiger partial charge in [0.15, 0.2) is 0 Å². The minimum atomic E-state index is -0.673. The molecular formula is C75H113F5. The number of halogens is 5. The maximum atomic E-state index is 15.0. The topological polar surface area (TPSA) is 0 Å². The highest BCUT2D eigenvalue weighted by atomic mass is 19.2. The summed E-state index contributed by atoms with van der Waals surface area (Å²) >= 11 is 0. The Morgan fingerprint density at radius 1 is 0.275 bits per heavy atom. The number of hydrogen-bond donors (Lipinski definition) is 0. The van der Waals surface area contributed by atoms with Crippen molar-refractivity contribution in [3.63, 3.8) is 0 Å². The fraction of sp³-hybridized carbons (Fsp3) is 0.600. The van der Waals surface area contributed by atoms with Crippen molar-refractivity contribution in [1.29, 1.82) is 0 Å². The molecule has 0 heterocycles. The van der Waals surface area contributed by atoms with Gasteiger partial charge in [-0.3, -0.25) is 0 Å². The SMILES string of the molecule is CCCCc1cc(CCCC)c(C)c(CCCC)c1.CCCCc1cc(CCCC)c(CC)c(CCCC)c1.CCCc1c(F)c(CCC)c(-c2ccccc2)c(CCC)c1F.CCCc1c(F)c(CCC)c(F)c(CCC)c1F. The van der Waals surface area contributed by atoms with Crippen LogP contribution in [0.2, 0.25) is 0 Å². The Morgan fingerprint density at radius 3 is 0.825 bits per heavy atom. The third kappa shape index (κ3) is 22.5. The van der Waals surface area contributed by atoms with Crippen molar-refractivity contribution in [3.8, 4) is 11.1 Å². The quantitative estimate of drug-likeness (QED) is 0.0377. The maximum Gasteiger partial charge on any atom is 0.135 e. The van der Waals surface area contributed by atoms with E-state index in [1.54, 1.807) is 44.5 Å². The molecule has 448 valence electrons. The van der Waals surface area contributed by atoms with Gasteiger partial charge < -0.3 is 0 Å². The van der Waals surface area contributed by atoms with Crippen LogP contribution in [0.1, 0.15) is 283 Å². The van der Waals surface area contributed by atoms with Gasteiger partial charge >= 0.3 is 0 Å². The predicted octanol–water partition coefficient (Wildman–Crippen LogP) is 23.8. The van der Waals surface area contributed by atoms with E-state index in [1.165, 1.54) is 122 Å². The molecule has 5 aromatic rings. The Balaban J connectivity index is 0.000000366. The highest BCUT2D eigenvalue weighted by Gasteiger charge is 2.25. The first-order valence-corrected chi connectivity index (χ1v) is 32.7. The maximum absolute atomic E-state index is 15.0. The molecule has 0 fully saturated rings. The molecule has 0 aliphatic carbocycles. The zero-order valence-corrected chi connectivity index (χ0v) is 53.5. The molecule has 0 saturated heterocycles. The van der Waals surface area contributed by atoms with E-state index in [-0.39, 0.29) is 33.9 Å². The van der Waals surface area contributed by atoms with Crippen molar-refractivity contribution in [2.45, 2.75) is 296 Å². The fourth-order valence-electron chi connectivity index (χ4n) is 11.2. The first-order valence-electron chi connectivity index (χ1n) is 32.7. The molecule has 0 atom stereocenters. The molecule has 0 nitrogen and oxygen atoms in total. The van der Waals surface area contributed by atoms with Crippen LogP contribution in [0.5, 0.6) is 0 Å². The van der Waals surface area contributed by atoms with Gasteiger partial charge in [-0.25, -0.2) is 22.0 Å². The van der Waals surface area contributed by atoms with E-state index in [4.69, 9.17) is 0 Å². The van der Waals surface area contributed by atoms with Crippen molar-refractivity contribution in [2.75, 3.05) is 0 Å². The highest BCUT2D eigenvalue weighted by molar-refractivity contribution is 5.72. The highest BCUT2D eigenvalue weighted by Crippen LogP contribution is 2.37. The van der Waals surface area contributed by atoms with Gasteiger partial charge in [-0.05, 0) is 196 Å². The lowest BCUT2D eigenvalue weighted by molar-refractivity contribution is 0.486. The van der Waals surface area contributed by atoms with E-state index >= 15 is 8.78 Å².